The molecule has 16 heavy (non-hydrogen) atoms. The number of ether oxygens (including phenoxy) is 2. The van der Waals surface area contributed by atoms with E-state index in [-0.39, 0.29) is 11.9 Å². The fourth-order valence-electron chi connectivity index (χ4n) is 1.92. The maximum atomic E-state index is 11.5. The Hall–Kier alpha value is -1.51. The van der Waals surface area contributed by atoms with Gasteiger partial charge in [0.15, 0.2) is 0 Å². The third-order valence-electron chi connectivity index (χ3n) is 2.92. The summed E-state index contributed by atoms with van der Waals surface area (Å²) in [5.74, 6) is 1.18. The smallest absolute Gasteiger partial charge is 0.309 e. The van der Waals surface area contributed by atoms with Crippen LogP contribution in [0.5, 0.6) is 5.75 Å². The van der Waals surface area contributed by atoms with Crippen molar-refractivity contribution in [1.29, 1.82) is 0 Å². The van der Waals surface area contributed by atoms with E-state index in [2.05, 4.69) is 0 Å². The van der Waals surface area contributed by atoms with Gasteiger partial charge in [0.25, 0.3) is 0 Å². The number of hydrogen-bond acceptors (Lipinski definition) is 3. The van der Waals surface area contributed by atoms with Crippen molar-refractivity contribution in [2.45, 2.75) is 19.3 Å². The van der Waals surface area contributed by atoms with Crippen molar-refractivity contribution in [3.05, 3.63) is 29.8 Å². The van der Waals surface area contributed by atoms with E-state index in [1.807, 2.05) is 31.2 Å². The van der Waals surface area contributed by atoms with Crippen molar-refractivity contribution in [3.63, 3.8) is 0 Å². The second-order valence-electron chi connectivity index (χ2n) is 3.97. The average Bonchev–Trinajstić information content (AvgIpc) is 3.09. The first-order valence-electron chi connectivity index (χ1n) is 5.56. The lowest BCUT2D eigenvalue weighted by atomic mass is 10.1. The number of methoxy groups -OCH3 is 1. The molecule has 3 nitrogen and oxygen atoms in total. The Labute approximate surface area is 95.4 Å². The van der Waals surface area contributed by atoms with Gasteiger partial charge >= 0.3 is 5.97 Å². The first kappa shape index (κ1) is 11.0. The highest BCUT2D eigenvalue weighted by Crippen LogP contribution is 2.48. The zero-order valence-corrected chi connectivity index (χ0v) is 9.60. The van der Waals surface area contributed by atoms with Crippen LogP contribution < -0.4 is 4.74 Å². The Morgan fingerprint density at radius 1 is 1.38 bits per heavy atom. The summed E-state index contributed by atoms with van der Waals surface area (Å²) in [6.07, 6.45) is 0.908. The SMILES string of the molecule is CCOC(=O)[C@H]1C[C@@H]1c1ccc(OC)cc1. The number of benzene rings is 1. The van der Waals surface area contributed by atoms with Gasteiger partial charge in [-0.3, -0.25) is 4.79 Å². The summed E-state index contributed by atoms with van der Waals surface area (Å²) < 4.78 is 10.1. The zero-order valence-electron chi connectivity index (χ0n) is 9.60. The molecule has 1 aromatic rings. The van der Waals surface area contributed by atoms with Crippen molar-refractivity contribution >= 4 is 5.97 Å². The lowest BCUT2D eigenvalue weighted by Gasteiger charge is -2.03. The number of carbonyl (C=O) groups excluding carboxylic acids is 1. The van der Waals surface area contributed by atoms with Crippen LogP contribution >= 0.6 is 0 Å². The van der Waals surface area contributed by atoms with Crippen molar-refractivity contribution in [1.82, 2.24) is 0 Å². The molecule has 0 unspecified atom stereocenters. The maximum Gasteiger partial charge on any atom is 0.309 e. The summed E-state index contributed by atoms with van der Waals surface area (Å²) in [6, 6.07) is 7.89. The molecule has 0 aliphatic heterocycles. The molecule has 0 aromatic heterocycles. The van der Waals surface area contributed by atoms with Crippen LogP contribution in [-0.4, -0.2) is 19.7 Å². The Kier molecular flexibility index (Phi) is 3.13. The van der Waals surface area contributed by atoms with Gasteiger partial charge in [-0.05, 0) is 37.0 Å². The van der Waals surface area contributed by atoms with Crippen LogP contribution in [0.25, 0.3) is 0 Å². The average molecular weight is 220 g/mol. The van der Waals surface area contributed by atoms with E-state index in [9.17, 15) is 4.79 Å². The van der Waals surface area contributed by atoms with E-state index >= 15 is 0 Å². The number of hydrogen-bond donors (Lipinski definition) is 0. The van der Waals surface area contributed by atoms with Crippen LogP contribution in [0, 0.1) is 5.92 Å². The van der Waals surface area contributed by atoms with E-state index in [0.717, 1.165) is 12.2 Å². The van der Waals surface area contributed by atoms with Gasteiger partial charge in [0.05, 0.1) is 19.6 Å². The third kappa shape index (κ3) is 2.18. The van der Waals surface area contributed by atoms with Crippen molar-refractivity contribution in [2.75, 3.05) is 13.7 Å². The molecular formula is C13H16O3. The Morgan fingerprint density at radius 3 is 2.62 bits per heavy atom. The fourth-order valence-corrected chi connectivity index (χ4v) is 1.92. The van der Waals surface area contributed by atoms with Crippen LogP contribution in [0.3, 0.4) is 0 Å². The van der Waals surface area contributed by atoms with E-state index in [1.165, 1.54) is 5.56 Å². The van der Waals surface area contributed by atoms with Crippen LogP contribution in [0.15, 0.2) is 24.3 Å². The molecule has 0 heterocycles. The Bertz CT molecular complexity index is 369. The molecule has 1 fully saturated rings. The van der Waals surface area contributed by atoms with Crippen LogP contribution in [0.2, 0.25) is 0 Å². The quantitative estimate of drug-likeness (QED) is 0.731. The molecule has 0 bridgehead atoms. The number of rotatable bonds is 4. The minimum Gasteiger partial charge on any atom is -0.497 e. The molecule has 3 heteroatoms. The molecule has 0 spiro atoms. The molecule has 0 radical (unpaired) electrons. The number of esters is 1. The summed E-state index contributed by atoms with van der Waals surface area (Å²) in [6.45, 7) is 2.30. The maximum absolute atomic E-state index is 11.5. The first-order chi connectivity index (χ1) is 7.76. The van der Waals surface area contributed by atoms with Gasteiger partial charge in [-0.15, -0.1) is 0 Å². The molecular weight excluding hydrogens is 204 g/mol. The molecule has 1 aromatic carbocycles. The normalized spacial score (nSPS) is 22.6. The van der Waals surface area contributed by atoms with Gasteiger partial charge in [0, 0.05) is 0 Å². The van der Waals surface area contributed by atoms with E-state index in [4.69, 9.17) is 9.47 Å². The van der Waals surface area contributed by atoms with Crippen LogP contribution in [-0.2, 0) is 9.53 Å². The van der Waals surface area contributed by atoms with Crippen LogP contribution in [0.1, 0.15) is 24.8 Å². The second kappa shape index (κ2) is 4.56. The summed E-state index contributed by atoms with van der Waals surface area (Å²) >= 11 is 0. The van der Waals surface area contributed by atoms with Gasteiger partial charge in [-0.1, -0.05) is 12.1 Å². The van der Waals surface area contributed by atoms with Gasteiger partial charge in [0.2, 0.25) is 0 Å². The van der Waals surface area contributed by atoms with Gasteiger partial charge < -0.3 is 9.47 Å². The molecule has 0 amide bonds. The predicted molar refractivity (Wildman–Crippen MR) is 60.5 cm³/mol. The standard InChI is InChI=1S/C13H16O3/c1-3-16-13(14)12-8-11(12)9-4-6-10(15-2)7-5-9/h4-7,11-12H,3,8H2,1-2H3/t11-,12+/m1/s1. The molecule has 1 aliphatic rings. The zero-order chi connectivity index (χ0) is 11.5. The topological polar surface area (TPSA) is 35.5 Å². The monoisotopic (exact) mass is 220 g/mol. The van der Waals surface area contributed by atoms with Gasteiger partial charge in [-0.25, -0.2) is 0 Å². The summed E-state index contributed by atoms with van der Waals surface area (Å²) in [5.41, 5.74) is 1.19. The van der Waals surface area contributed by atoms with Gasteiger partial charge in [-0.2, -0.15) is 0 Å². The number of carbonyl (C=O) groups is 1. The highest BCUT2D eigenvalue weighted by atomic mass is 16.5. The second-order valence-corrected chi connectivity index (χ2v) is 3.97. The summed E-state index contributed by atoms with van der Waals surface area (Å²) in [4.78, 5) is 11.5. The van der Waals surface area contributed by atoms with Crippen LogP contribution in [0.4, 0.5) is 0 Å². The van der Waals surface area contributed by atoms with Crippen molar-refractivity contribution < 1.29 is 14.3 Å². The Balaban J connectivity index is 1.97. The van der Waals surface area contributed by atoms with Gasteiger partial charge in [0.1, 0.15) is 5.75 Å². The first-order valence-corrected chi connectivity index (χ1v) is 5.56. The summed E-state index contributed by atoms with van der Waals surface area (Å²) in [5, 5.41) is 0. The fraction of sp³-hybridized carbons (Fsp3) is 0.462. The minimum atomic E-state index is -0.0664. The molecule has 1 saturated carbocycles. The Morgan fingerprint density at radius 2 is 2.06 bits per heavy atom. The molecule has 0 N–H and O–H groups in total. The van der Waals surface area contributed by atoms with E-state index < -0.39 is 0 Å². The highest BCUT2D eigenvalue weighted by molar-refractivity contribution is 5.77. The van der Waals surface area contributed by atoms with E-state index in [1.54, 1.807) is 7.11 Å². The molecule has 2 rings (SSSR count). The van der Waals surface area contributed by atoms with Crippen molar-refractivity contribution in [2.24, 2.45) is 5.92 Å². The highest BCUT2D eigenvalue weighted by Gasteiger charge is 2.44. The molecule has 1 aliphatic carbocycles. The van der Waals surface area contributed by atoms with Crippen molar-refractivity contribution in [3.8, 4) is 5.75 Å². The largest absolute Gasteiger partial charge is 0.497 e. The minimum absolute atomic E-state index is 0.0633. The lowest BCUT2D eigenvalue weighted by Crippen LogP contribution is -2.07. The molecule has 0 saturated heterocycles. The third-order valence-corrected chi connectivity index (χ3v) is 2.92. The predicted octanol–water partition coefficient (Wildman–Crippen LogP) is 2.36. The summed E-state index contributed by atoms with van der Waals surface area (Å²) in [7, 11) is 1.65. The molecule has 86 valence electrons. The molecule has 2 atom stereocenters. The van der Waals surface area contributed by atoms with E-state index in [0.29, 0.717) is 12.5 Å². The lowest BCUT2D eigenvalue weighted by molar-refractivity contribution is -0.144.